The van der Waals surface area contributed by atoms with E-state index in [0.29, 0.717) is 17.5 Å². The van der Waals surface area contributed by atoms with Gasteiger partial charge in [0, 0.05) is 40.0 Å². The minimum absolute atomic E-state index is 0.0202. The molecule has 2 aromatic carbocycles. The summed E-state index contributed by atoms with van der Waals surface area (Å²) in [6.07, 6.45) is 2.37. The molecule has 3 fully saturated rings. The first-order valence-electron chi connectivity index (χ1n) is 10.2. The van der Waals surface area contributed by atoms with Crippen LogP contribution in [0.2, 0.25) is 0 Å². The van der Waals surface area contributed by atoms with Gasteiger partial charge >= 0.3 is 0 Å². The molecule has 3 saturated heterocycles. The third-order valence-electron chi connectivity index (χ3n) is 6.00. The maximum absolute atomic E-state index is 12.8. The highest BCUT2D eigenvalue weighted by atomic mass is 32.2. The summed E-state index contributed by atoms with van der Waals surface area (Å²) in [7, 11) is 0. The summed E-state index contributed by atoms with van der Waals surface area (Å²) in [5, 5.41) is 6.05. The van der Waals surface area contributed by atoms with E-state index in [2.05, 4.69) is 22.5 Å². The maximum atomic E-state index is 12.8. The van der Waals surface area contributed by atoms with Crippen LogP contribution in [0.25, 0.3) is 0 Å². The molecule has 2 aromatic rings. The SMILES string of the molecule is CC(=O)Nc1ccc(Sc2ccc(C(=O)NC3C4CCN(CC4)C3C)cc2)cc1. The fourth-order valence-electron chi connectivity index (χ4n) is 4.40. The zero-order chi connectivity index (χ0) is 20.4. The van der Waals surface area contributed by atoms with E-state index in [0.717, 1.165) is 28.6 Å². The van der Waals surface area contributed by atoms with E-state index in [1.54, 1.807) is 11.8 Å². The molecule has 2 atom stereocenters. The molecule has 2 unspecified atom stereocenters. The molecular weight excluding hydrogens is 382 g/mol. The van der Waals surface area contributed by atoms with Crippen molar-refractivity contribution in [2.24, 2.45) is 5.92 Å². The number of carbonyl (C=O) groups excluding carboxylic acids is 2. The van der Waals surface area contributed by atoms with Crippen LogP contribution in [0, 0.1) is 5.92 Å². The standard InChI is InChI=1S/C23H27N3O2S/c1-15-22(17-11-13-26(15)14-12-17)25-23(28)18-3-7-20(8-4-18)29-21-9-5-19(6-10-21)24-16(2)27/h3-10,15,17,22H,11-14H2,1-2H3,(H,24,27)(H,25,28). The van der Waals surface area contributed by atoms with E-state index in [1.165, 1.54) is 19.8 Å². The molecule has 2 N–H and O–H groups in total. The summed E-state index contributed by atoms with van der Waals surface area (Å²) in [5.41, 5.74) is 1.50. The van der Waals surface area contributed by atoms with Gasteiger partial charge in [-0.2, -0.15) is 0 Å². The molecule has 3 aliphatic rings. The number of hydrogen-bond donors (Lipinski definition) is 2. The van der Waals surface area contributed by atoms with Gasteiger partial charge in [-0.25, -0.2) is 0 Å². The van der Waals surface area contributed by atoms with Crippen LogP contribution < -0.4 is 10.6 Å². The molecule has 5 rings (SSSR count). The lowest BCUT2D eigenvalue weighted by Gasteiger charge is -2.49. The highest BCUT2D eigenvalue weighted by Gasteiger charge is 2.40. The Kier molecular flexibility index (Phi) is 5.92. The van der Waals surface area contributed by atoms with Gasteiger partial charge in [0.05, 0.1) is 0 Å². The van der Waals surface area contributed by atoms with Crippen molar-refractivity contribution < 1.29 is 9.59 Å². The fourth-order valence-corrected chi connectivity index (χ4v) is 5.22. The first-order valence-corrected chi connectivity index (χ1v) is 11.0. The highest BCUT2D eigenvalue weighted by molar-refractivity contribution is 7.99. The molecular formula is C23H27N3O2S. The van der Waals surface area contributed by atoms with Crippen molar-refractivity contribution in [2.45, 2.75) is 48.6 Å². The number of nitrogens with one attached hydrogen (secondary N) is 2. The van der Waals surface area contributed by atoms with Crippen molar-refractivity contribution in [3.05, 3.63) is 54.1 Å². The molecule has 0 radical (unpaired) electrons. The summed E-state index contributed by atoms with van der Waals surface area (Å²) >= 11 is 1.63. The van der Waals surface area contributed by atoms with Crippen molar-refractivity contribution in [2.75, 3.05) is 18.4 Å². The van der Waals surface area contributed by atoms with Gasteiger partial charge in [-0.1, -0.05) is 11.8 Å². The number of benzene rings is 2. The second-order valence-corrected chi connectivity index (χ2v) is 9.09. The van der Waals surface area contributed by atoms with Gasteiger partial charge in [0.15, 0.2) is 0 Å². The van der Waals surface area contributed by atoms with Gasteiger partial charge < -0.3 is 10.6 Å². The van der Waals surface area contributed by atoms with Gasteiger partial charge in [-0.15, -0.1) is 0 Å². The van der Waals surface area contributed by atoms with Crippen LogP contribution >= 0.6 is 11.8 Å². The van der Waals surface area contributed by atoms with Crippen LogP contribution in [-0.4, -0.2) is 41.9 Å². The number of carbonyl (C=O) groups is 2. The molecule has 0 aromatic heterocycles. The molecule has 5 nitrogen and oxygen atoms in total. The summed E-state index contributed by atoms with van der Waals surface area (Å²) in [6, 6.07) is 16.2. The van der Waals surface area contributed by atoms with Crippen LogP contribution in [0.3, 0.4) is 0 Å². The quantitative estimate of drug-likeness (QED) is 0.783. The van der Waals surface area contributed by atoms with Gasteiger partial charge in [-0.05, 0) is 87.3 Å². The molecule has 0 spiro atoms. The predicted molar refractivity (Wildman–Crippen MR) is 116 cm³/mol. The number of fused-ring (bicyclic) bond motifs is 3. The second-order valence-electron chi connectivity index (χ2n) is 7.95. The number of anilines is 1. The van der Waals surface area contributed by atoms with E-state index in [9.17, 15) is 9.59 Å². The van der Waals surface area contributed by atoms with Crippen LogP contribution in [0.15, 0.2) is 58.3 Å². The Labute approximate surface area is 176 Å². The first-order chi connectivity index (χ1) is 14.0. The molecule has 2 amide bonds. The molecule has 3 heterocycles. The maximum Gasteiger partial charge on any atom is 0.251 e. The lowest BCUT2D eigenvalue weighted by Crippen LogP contribution is -2.62. The van der Waals surface area contributed by atoms with E-state index in [4.69, 9.17) is 0 Å². The minimum Gasteiger partial charge on any atom is -0.347 e. The van der Waals surface area contributed by atoms with E-state index < -0.39 is 0 Å². The lowest BCUT2D eigenvalue weighted by molar-refractivity contribution is -0.114. The highest BCUT2D eigenvalue weighted by Crippen LogP contribution is 2.32. The second kappa shape index (κ2) is 8.59. The van der Waals surface area contributed by atoms with E-state index in [-0.39, 0.29) is 17.9 Å². The molecule has 29 heavy (non-hydrogen) atoms. The predicted octanol–water partition coefficient (Wildman–Crippen LogP) is 4.01. The van der Waals surface area contributed by atoms with Crippen molar-refractivity contribution in [3.8, 4) is 0 Å². The number of piperidine rings is 3. The normalized spacial score (nSPS) is 25.4. The summed E-state index contributed by atoms with van der Waals surface area (Å²) in [4.78, 5) is 28.5. The van der Waals surface area contributed by atoms with Crippen molar-refractivity contribution in [1.29, 1.82) is 0 Å². The Balaban J connectivity index is 1.36. The zero-order valence-corrected chi connectivity index (χ0v) is 17.7. The largest absolute Gasteiger partial charge is 0.347 e. The van der Waals surface area contributed by atoms with Gasteiger partial charge in [-0.3, -0.25) is 14.5 Å². The molecule has 6 heteroatoms. The minimum atomic E-state index is -0.0769. The van der Waals surface area contributed by atoms with Crippen molar-refractivity contribution >= 4 is 29.3 Å². The average molecular weight is 410 g/mol. The van der Waals surface area contributed by atoms with Crippen LogP contribution in [-0.2, 0) is 4.79 Å². The van der Waals surface area contributed by atoms with E-state index >= 15 is 0 Å². The Morgan fingerprint density at radius 3 is 2.10 bits per heavy atom. The molecule has 152 valence electrons. The Morgan fingerprint density at radius 2 is 1.55 bits per heavy atom. The number of nitrogens with zero attached hydrogens (tertiary/aromatic N) is 1. The molecule has 0 aliphatic carbocycles. The summed E-state index contributed by atoms with van der Waals surface area (Å²) < 4.78 is 0. The van der Waals surface area contributed by atoms with Crippen LogP contribution in [0.1, 0.15) is 37.0 Å². The van der Waals surface area contributed by atoms with Crippen LogP contribution in [0.4, 0.5) is 5.69 Å². The van der Waals surface area contributed by atoms with Crippen molar-refractivity contribution in [3.63, 3.8) is 0 Å². The molecule has 2 bridgehead atoms. The van der Waals surface area contributed by atoms with Gasteiger partial charge in [0.25, 0.3) is 5.91 Å². The Morgan fingerprint density at radius 1 is 0.966 bits per heavy atom. The first kappa shape index (κ1) is 20.0. The zero-order valence-electron chi connectivity index (χ0n) is 16.9. The Bertz CT molecular complexity index is 872. The molecule has 0 saturated carbocycles. The smallest absolute Gasteiger partial charge is 0.251 e. The summed E-state index contributed by atoms with van der Waals surface area (Å²) in [6.45, 7) is 6.05. The summed E-state index contributed by atoms with van der Waals surface area (Å²) in [5.74, 6) is 0.549. The Hall–Kier alpha value is -2.31. The van der Waals surface area contributed by atoms with Gasteiger partial charge in [0.2, 0.25) is 5.91 Å². The molecule has 3 aliphatic heterocycles. The number of rotatable bonds is 5. The fraction of sp³-hybridized carbons (Fsp3) is 0.391. The average Bonchev–Trinajstić information content (AvgIpc) is 2.72. The number of amides is 2. The van der Waals surface area contributed by atoms with Crippen molar-refractivity contribution in [1.82, 2.24) is 10.2 Å². The topological polar surface area (TPSA) is 61.4 Å². The van der Waals surface area contributed by atoms with E-state index in [1.807, 2.05) is 48.5 Å². The third kappa shape index (κ3) is 4.65. The van der Waals surface area contributed by atoms with Gasteiger partial charge in [0.1, 0.15) is 0 Å². The lowest BCUT2D eigenvalue weighted by atomic mass is 9.79. The monoisotopic (exact) mass is 409 g/mol. The third-order valence-corrected chi connectivity index (χ3v) is 7.02. The number of hydrogen-bond acceptors (Lipinski definition) is 4. The van der Waals surface area contributed by atoms with Crippen LogP contribution in [0.5, 0.6) is 0 Å².